The van der Waals surface area contributed by atoms with Crippen LogP contribution in [0.3, 0.4) is 0 Å². The van der Waals surface area contributed by atoms with Gasteiger partial charge >= 0.3 is 5.97 Å². The summed E-state index contributed by atoms with van der Waals surface area (Å²) < 4.78 is 12.8. The van der Waals surface area contributed by atoms with Crippen LogP contribution in [0, 0.1) is 6.92 Å². The van der Waals surface area contributed by atoms with Crippen molar-refractivity contribution >= 4 is 5.97 Å². The van der Waals surface area contributed by atoms with Crippen LogP contribution in [0.5, 0.6) is 0 Å². The van der Waals surface area contributed by atoms with Crippen LogP contribution in [0.25, 0.3) is 0 Å². The Balaban J connectivity index is 2.95. The van der Waals surface area contributed by atoms with E-state index in [0.29, 0.717) is 0 Å². The van der Waals surface area contributed by atoms with E-state index in [1.807, 2.05) is 0 Å². The van der Waals surface area contributed by atoms with Gasteiger partial charge in [-0.1, -0.05) is 29.8 Å². The normalized spacial score (nSPS) is 12.5. The highest BCUT2D eigenvalue weighted by Gasteiger charge is 2.17. The van der Waals surface area contributed by atoms with E-state index in [0.717, 1.165) is 5.56 Å². The van der Waals surface area contributed by atoms with Crippen molar-refractivity contribution in [3.05, 3.63) is 35.4 Å². The number of benzene rings is 1. The maximum atomic E-state index is 12.8. The molecule has 1 atom stereocenters. The monoisotopic (exact) mass is 168 g/mol. The maximum absolute atomic E-state index is 12.8. The van der Waals surface area contributed by atoms with E-state index in [2.05, 4.69) is 0 Å². The molecule has 64 valence electrons. The van der Waals surface area contributed by atoms with E-state index in [4.69, 9.17) is 5.11 Å². The number of aliphatic carboxylic acids is 1. The number of hydrogen-bond acceptors (Lipinski definition) is 1. The first-order chi connectivity index (χ1) is 5.61. The van der Waals surface area contributed by atoms with E-state index in [1.54, 1.807) is 19.1 Å². The van der Waals surface area contributed by atoms with Crippen molar-refractivity contribution in [1.29, 1.82) is 0 Å². The second-order valence-electron chi connectivity index (χ2n) is 2.61. The fourth-order valence-corrected chi connectivity index (χ4v) is 0.970. The number of aryl methyl sites for hydroxylation is 1. The molecule has 1 aromatic carbocycles. The molecule has 12 heavy (non-hydrogen) atoms. The molecule has 0 aromatic heterocycles. The van der Waals surface area contributed by atoms with E-state index >= 15 is 0 Å². The molecule has 0 amide bonds. The summed E-state index contributed by atoms with van der Waals surface area (Å²) in [5.41, 5.74) is 1.05. The molecule has 2 nitrogen and oxygen atoms in total. The van der Waals surface area contributed by atoms with Gasteiger partial charge in [0.25, 0.3) is 0 Å². The summed E-state index contributed by atoms with van der Waals surface area (Å²) in [7, 11) is 0. The summed E-state index contributed by atoms with van der Waals surface area (Å²) in [5.74, 6) is -1.44. The van der Waals surface area contributed by atoms with Gasteiger partial charge in [0.05, 0.1) is 0 Å². The minimum absolute atomic E-state index is 0.197. The summed E-state index contributed by atoms with van der Waals surface area (Å²) in [5, 5.41) is 8.35. The molecule has 0 unspecified atom stereocenters. The molecule has 1 rings (SSSR count). The van der Waals surface area contributed by atoms with Gasteiger partial charge in [0.1, 0.15) is 0 Å². The van der Waals surface area contributed by atoms with Crippen LogP contribution in [0.2, 0.25) is 0 Å². The average molecular weight is 168 g/mol. The number of hydrogen-bond donors (Lipinski definition) is 1. The van der Waals surface area contributed by atoms with Crippen LogP contribution in [0.15, 0.2) is 24.3 Å². The standard InChI is InChI=1S/C9H9FO2/c1-6-3-2-4-7(5-6)8(10)9(11)12/h2-5,8H,1H3,(H,11,12)/t8-/m1/s1. The Morgan fingerprint density at radius 2 is 2.25 bits per heavy atom. The third-order valence-corrected chi connectivity index (χ3v) is 1.55. The van der Waals surface area contributed by atoms with E-state index < -0.39 is 12.1 Å². The number of carboxylic acid groups (broad SMARTS) is 1. The molecule has 0 aliphatic carbocycles. The minimum Gasteiger partial charge on any atom is -0.479 e. The zero-order valence-electron chi connectivity index (χ0n) is 6.62. The van der Waals surface area contributed by atoms with Crippen molar-refractivity contribution in [2.45, 2.75) is 13.1 Å². The summed E-state index contributed by atoms with van der Waals surface area (Å²) >= 11 is 0. The lowest BCUT2D eigenvalue weighted by Gasteiger charge is -2.03. The molecular formula is C9H9FO2. The van der Waals surface area contributed by atoms with E-state index in [-0.39, 0.29) is 5.56 Å². The zero-order valence-corrected chi connectivity index (χ0v) is 6.62. The predicted molar refractivity (Wildman–Crippen MR) is 42.7 cm³/mol. The van der Waals surface area contributed by atoms with Crippen molar-refractivity contribution in [2.75, 3.05) is 0 Å². The number of rotatable bonds is 2. The van der Waals surface area contributed by atoms with Gasteiger partial charge in [-0.15, -0.1) is 0 Å². The van der Waals surface area contributed by atoms with Gasteiger partial charge in [0.2, 0.25) is 6.17 Å². The van der Waals surface area contributed by atoms with Gasteiger partial charge in [-0.2, -0.15) is 0 Å². The highest BCUT2D eigenvalue weighted by Crippen LogP contribution is 2.17. The van der Waals surface area contributed by atoms with Crippen molar-refractivity contribution < 1.29 is 14.3 Å². The van der Waals surface area contributed by atoms with Crippen LogP contribution in [0.4, 0.5) is 4.39 Å². The second kappa shape index (κ2) is 3.34. The van der Waals surface area contributed by atoms with Gasteiger partial charge in [0.15, 0.2) is 0 Å². The molecule has 0 spiro atoms. The van der Waals surface area contributed by atoms with Gasteiger partial charge in [-0.3, -0.25) is 0 Å². The third kappa shape index (κ3) is 1.81. The Labute approximate surface area is 69.6 Å². The molecule has 1 N–H and O–H groups in total. The second-order valence-corrected chi connectivity index (χ2v) is 2.61. The quantitative estimate of drug-likeness (QED) is 0.734. The lowest BCUT2D eigenvalue weighted by molar-refractivity contribution is -0.143. The lowest BCUT2D eigenvalue weighted by atomic mass is 10.1. The van der Waals surface area contributed by atoms with E-state index in [1.165, 1.54) is 12.1 Å². The fraction of sp³-hybridized carbons (Fsp3) is 0.222. The van der Waals surface area contributed by atoms with Crippen LogP contribution in [-0.4, -0.2) is 11.1 Å². The first kappa shape index (κ1) is 8.71. The highest BCUT2D eigenvalue weighted by atomic mass is 19.1. The Kier molecular flexibility index (Phi) is 2.43. The molecular weight excluding hydrogens is 159 g/mol. The van der Waals surface area contributed by atoms with E-state index in [9.17, 15) is 9.18 Å². The number of carboxylic acids is 1. The largest absolute Gasteiger partial charge is 0.479 e. The van der Waals surface area contributed by atoms with Crippen molar-refractivity contribution in [2.24, 2.45) is 0 Å². The average Bonchev–Trinajstić information content (AvgIpc) is 2.03. The minimum atomic E-state index is -1.91. The van der Waals surface area contributed by atoms with Gasteiger partial charge in [-0.25, -0.2) is 9.18 Å². The molecule has 0 aliphatic heterocycles. The SMILES string of the molecule is Cc1cccc([C@@H](F)C(=O)O)c1. The topological polar surface area (TPSA) is 37.3 Å². The fourth-order valence-electron chi connectivity index (χ4n) is 0.970. The van der Waals surface area contributed by atoms with Crippen LogP contribution >= 0.6 is 0 Å². The Hall–Kier alpha value is -1.38. The van der Waals surface area contributed by atoms with Crippen molar-refractivity contribution in [1.82, 2.24) is 0 Å². The third-order valence-electron chi connectivity index (χ3n) is 1.55. The Morgan fingerprint density at radius 1 is 1.58 bits per heavy atom. The molecule has 0 heterocycles. The van der Waals surface area contributed by atoms with Crippen LogP contribution < -0.4 is 0 Å². The Morgan fingerprint density at radius 3 is 2.75 bits per heavy atom. The van der Waals surface area contributed by atoms with Crippen LogP contribution in [0.1, 0.15) is 17.3 Å². The highest BCUT2D eigenvalue weighted by molar-refractivity contribution is 5.74. The first-order valence-electron chi connectivity index (χ1n) is 3.54. The summed E-state index contributed by atoms with van der Waals surface area (Å²) in [6.07, 6.45) is -1.91. The Bertz CT molecular complexity index is 296. The number of alkyl halides is 1. The van der Waals surface area contributed by atoms with Crippen molar-refractivity contribution in [3.8, 4) is 0 Å². The maximum Gasteiger partial charge on any atom is 0.343 e. The van der Waals surface area contributed by atoms with Gasteiger partial charge in [0, 0.05) is 0 Å². The van der Waals surface area contributed by atoms with Crippen LogP contribution in [-0.2, 0) is 4.79 Å². The zero-order chi connectivity index (χ0) is 9.14. The van der Waals surface area contributed by atoms with Gasteiger partial charge in [-0.05, 0) is 12.5 Å². The summed E-state index contributed by atoms with van der Waals surface area (Å²) in [4.78, 5) is 10.2. The number of carbonyl (C=O) groups is 1. The predicted octanol–water partition coefficient (Wildman–Crippen LogP) is 2.09. The summed E-state index contributed by atoms with van der Waals surface area (Å²) in [6, 6.07) is 6.42. The lowest BCUT2D eigenvalue weighted by Crippen LogP contribution is -2.05. The molecule has 0 saturated heterocycles. The van der Waals surface area contributed by atoms with Gasteiger partial charge < -0.3 is 5.11 Å². The summed E-state index contributed by atoms with van der Waals surface area (Å²) in [6.45, 7) is 1.79. The molecule has 3 heteroatoms. The molecule has 0 aliphatic rings. The first-order valence-corrected chi connectivity index (χ1v) is 3.54. The van der Waals surface area contributed by atoms with Crippen molar-refractivity contribution in [3.63, 3.8) is 0 Å². The molecule has 1 aromatic rings. The molecule has 0 bridgehead atoms. The molecule has 0 radical (unpaired) electrons. The smallest absolute Gasteiger partial charge is 0.343 e. The molecule has 0 fully saturated rings. The number of halogens is 1. The molecule has 0 saturated carbocycles.